The van der Waals surface area contributed by atoms with Crippen molar-refractivity contribution in [3.63, 3.8) is 0 Å². The molecule has 1 saturated heterocycles. The van der Waals surface area contributed by atoms with Crippen LogP contribution in [0.5, 0.6) is 5.75 Å². The first-order valence-corrected chi connectivity index (χ1v) is 6.15. The second-order valence-electron chi connectivity index (χ2n) is 4.65. The highest BCUT2D eigenvalue weighted by atomic mass is 16.5. The first kappa shape index (κ1) is 11.5. The van der Waals surface area contributed by atoms with Crippen LogP contribution in [0, 0.1) is 6.92 Å². The number of likely N-dealkylation sites (tertiary alicyclic amines) is 1. The Morgan fingerprint density at radius 1 is 1.19 bits per heavy atom. The summed E-state index contributed by atoms with van der Waals surface area (Å²) in [6.07, 6.45) is 4.07. The Balaban J connectivity index is 2.07. The molecule has 0 N–H and O–H groups in total. The number of methoxy groups -OCH3 is 1. The molecule has 0 radical (unpaired) electrons. The van der Waals surface area contributed by atoms with E-state index in [-0.39, 0.29) is 0 Å². The van der Waals surface area contributed by atoms with Crippen LogP contribution >= 0.6 is 0 Å². The highest BCUT2D eigenvalue weighted by molar-refractivity contribution is 5.37. The van der Waals surface area contributed by atoms with E-state index in [0.717, 1.165) is 12.3 Å². The topological polar surface area (TPSA) is 12.5 Å². The molecule has 0 saturated carbocycles. The summed E-state index contributed by atoms with van der Waals surface area (Å²) in [6.45, 7) is 5.60. The van der Waals surface area contributed by atoms with E-state index in [1.165, 1.54) is 43.5 Å². The lowest BCUT2D eigenvalue weighted by molar-refractivity contribution is 0.218. The van der Waals surface area contributed by atoms with Crippen molar-refractivity contribution in [2.45, 2.75) is 32.7 Å². The van der Waals surface area contributed by atoms with E-state index < -0.39 is 0 Å². The van der Waals surface area contributed by atoms with E-state index in [2.05, 4.69) is 30.0 Å². The van der Waals surface area contributed by atoms with Crippen molar-refractivity contribution in [3.8, 4) is 5.75 Å². The molecule has 16 heavy (non-hydrogen) atoms. The second kappa shape index (κ2) is 5.35. The molecule has 0 spiro atoms. The van der Waals surface area contributed by atoms with Crippen molar-refractivity contribution in [3.05, 3.63) is 29.3 Å². The zero-order chi connectivity index (χ0) is 11.4. The minimum Gasteiger partial charge on any atom is -0.496 e. The zero-order valence-electron chi connectivity index (χ0n) is 10.3. The number of ether oxygens (including phenoxy) is 1. The first-order chi connectivity index (χ1) is 7.79. The molecule has 1 aromatic carbocycles. The third-order valence-electron chi connectivity index (χ3n) is 3.29. The fourth-order valence-electron chi connectivity index (χ4n) is 2.34. The fraction of sp³-hybridized carbons (Fsp3) is 0.571. The molecule has 0 bridgehead atoms. The molecule has 1 heterocycles. The Morgan fingerprint density at radius 3 is 2.62 bits per heavy atom. The number of nitrogens with zero attached hydrogens (tertiary/aromatic N) is 1. The number of benzene rings is 1. The average Bonchev–Trinajstić information content (AvgIpc) is 2.33. The van der Waals surface area contributed by atoms with Crippen LogP contribution in [0.2, 0.25) is 0 Å². The standard InChI is InChI=1S/C14H21NO/c1-12-6-7-13(14(10-12)16-2)11-15-8-4-3-5-9-15/h6-7,10H,3-5,8-9,11H2,1-2H3. The third kappa shape index (κ3) is 2.76. The van der Waals surface area contributed by atoms with Gasteiger partial charge in [-0.2, -0.15) is 0 Å². The van der Waals surface area contributed by atoms with Gasteiger partial charge in [0.1, 0.15) is 5.75 Å². The lowest BCUT2D eigenvalue weighted by Gasteiger charge is -2.27. The van der Waals surface area contributed by atoms with Gasteiger partial charge in [-0.05, 0) is 44.5 Å². The van der Waals surface area contributed by atoms with Gasteiger partial charge in [-0.1, -0.05) is 18.6 Å². The van der Waals surface area contributed by atoms with Gasteiger partial charge in [-0.15, -0.1) is 0 Å². The smallest absolute Gasteiger partial charge is 0.123 e. The summed E-state index contributed by atoms with van der Waals surface area (Å²) in [7, 11) is 1.76. The molecule has 1 aliphatic rings. The summed E-state index contributed by atoms with van der Waals surface area (Å²) in [5.41, 5.74) is 2.58. The number of rotatable bonds is 3. The fourth-order valence-corrected chi connectivity index (χ4v) is 2.34. The summed E-state index contributed by atoms with van der Waals surface area (Å²) in [5.74, 6) is 1.03. The molecule has 2 rings (SSSR count). The van der Waals surface area contributed by atoms with Crippen LogP contribution in [-0.4, -0.2) is 25.1 Å². The van der Waals surface area contributed by atoms with Crippen LogP contribution < -0.4 is 4.74 Å². The van der Waals surface area contributed by atoms with Gasteiger partial charge in [-0.3, -0.25) is 4.90 Å². The molecule has 0 aromatic heterocycles. The SMILES string of the molecule is COc1cc(C)ccc1CN1CCCCC1. The van der Waals surface area contributed by atoms with Crippen LogP contribution in [0.4, 0.5) is 0 Å². The van der Waals surface area contributed by atoms with Gasteiger partial charge in [0.25, 0.3) is 0 Å². The second-order valence-corrected chi connectivity index (χ2v) is 4.65. The summed E-state index contributed by atoms with van der Waals surface area (Å²) in [4.78, 5) is 2.52. The lowest BCUT2D eigenvalue weighted by atomic mass is 10.1. The number of hydrogen-bond acceptors (Lipinski definition) is 2. The van der Waals surface area contributed by atoms with Crippen LogP contribution in [0.1, 0.15) is 30.4 Å². The van der Waals surface area contributed by atoms with E-state index in [1.807, 2.05) is 0 Å². The largest absolute Gasteiger partial charge is 0.496 e. The quantitative estimate of drug-likeness (QED) is 0.775. The average molecular weight is 219 g/mol. The number of aryl methyl sites for hydroxylation is 1. The van der Waals surface area contributed by atoms with Crippen molar-refractivity contribution in [1.82, 2.24) is 4.90 Å². The maximum absolute atomic E-state index is 5.44. The van der Waals surface area contributed by atoms with Gasteiger partial charge in [0.2, 0.25) is 0 Å². The maximum Gasteiger partial charge on any atom is 0.123 e. The summed E-state index contributed by atoms with van der Waals surface area (Å²) >= 11 is 0. The van der Waals surface area contributed by atoms with Crippen LogP contribution in [0.25, 0.3) is 0 Å². The van der Waals surface area contributed by atoms with Gasteiger partial charge in [0, 0.05) is 12.1 Å². The molecule has 0 amide bonds. The molecule has 1 fully saturated rings. The van der Waals surface area contributed by atoms with E-state index in [0.29, 0.717) is 0 Å². The molecule has 88 valence electrons. The van der Waals surface area contributed by atoms with Gasteiger partial charge in [0.05, 0.1) is 7.11 Å². The first-order valence-electron chi connectivity index (χ1n) is 6.15. The Morgan fingerprint density at radius 2 is 1.94 bits per heavy atom. The minimum absolute atomic E-state index is 1.03. The zero-order valence-corrected chi connectivity index (χ0v) is 10.3. The van der Waals surface area contributed by atoms with Crippen molar-refractivity contribution in [2.24, 2.45) is 0 Å². The normalized spacial score (nSPS) is 17.4. The number of piperidine rings is 1. The van der Waals surface area contributed by atoms with Gasteiger partial charge in [0.15, 0.2) is 0 Å². The van der Waals surface area contributed by atoms with Crippen molar-refractivity contribution in [1.29, 1.82) is 0 Å². The lowest BCUT2D eigenvalue weighted by Crippen LogP contribution is -2.29. The highest BCUT2D eigenvalue weighted by Crippen LogP contribution is 2.22. The summed E-state index contributed by atoms with van der Waals surface area (Å²) in [5, 5.41) is 0. The van der Waals surface area contributed by atoms with Crippen molar-refractivity contribution in [2.75, 3.05) is 20.2 Å². The van der Waals surface area contributed by atoms with Crippen LogP contribution in [0.3, 0.4) is 0 Å². The van der Waals surface area contributed by atoms with E-state index in [4.69, 9.17) is 4.74 Å². The van der Waals surface area contributed by atoms with Gasteiger partial charge in [-0.25, -0.2) is 0 Å². The van der Waals surface area contributed by atoms with E-state index in [9.17, 15) is 0 Å². The minimum atomic E-state index is 1.03. The molecule has 1 aliphatic heterocycles. The molecule has 0 unspecified atom stereocenters. The Hall–Kier alpha value is -1.02. The van der Waals surface area contributed by atoms with E-state index in [1.54, 1.807) is 7.11 Å². The van der Waals surface area contributed by atoms with Crippen LogP contribution in [0.15, 0.2) is 18.2 Å². The Labute approximate surface area is 98.2 Å². The van der Waals surface area contributed by atoms with E-state index >= 15 is 0 Å². The molecule has 2 nitrogen and oxygen atoms in total. The molecule has 0 aliphatic carbocycles. The Kier molecular flexibility index (Phi) is 3.83. The highest BCUT2D eigenvalue weighted by Gasteiger charge is 2.12. The van der Waals surface area contributed by atoms with Crippen molar-refractivity contribution < 1.29 is 4.74 Å². The van der Waals surface area contributed by atoms with Crippen molar-refractivity contribution >= 4 is 0 Å². The Bertz CT molecular complexity index is 343. The maximum atomic E-state index is 5.44. The molecular weight excluding hydrogens is 198 g/mol. The summed E-state index contributed by atoms with van der Waals surface area (Å²) < 4.78 is 5.44. The van der Waals surface area contributed by atoms with Crippen LogP contribution in [-0.2, 0) is 6.54 Å². The molecule has 0 atom stereocenters. The predicted octanol–water partition coefficient (Wildman–Crippen LogP) is 2.99. The molecular formula is C14H21NO. The molecule has 1 aromatic rings. The van der Waals surface area contributed by atoms with Gasteiger partial charge < -0.3 is 4.74 Å². The molecule has 2 heteroatoms. The third-order valence-corrected chi connectivity index (χ3v) is 3.29. The number of hydrogen-bond donors (Lipinski definition) is 0. The van der Waals surface area contributed by atoms with Gasteiger partial charge >= 0.3 is 0 Å². The predicted molar refractivity (Wildman–Crippen MR) is 66.9 cm³/mol. The monoisotopic (exact) mass is 219 g/mol. The summed E-state index contributed by atoms with van der Waals surface area (Å²) in [6, 6.07) is 6.49.